The molecule has 2 aliphatic rings. The Hall–Kier alpha value is -2.44. The number of aliphatic hydroxyl groups excluding tert-OH is 6. The van der Waals surface area contributed by atoms with Gasteiger partial charge in [-0.2, -0.15) is 4.31 Å². The van der Waals surface area contributed by atoms with Gasteiger partial charge in [0.15, 0.2) is 18.6 Å². The highest BCUT2D eigenvalue weighted by Crippen LogP contribution is 2.61. The third kappa shape index (κ3) is 21.5. The number of nitrogens with zero attached hydrogens (tertiary/aromatic N) is 1. The van der Waals surface area contributed by atoms with Crippen molar-refractivity contribution in [2.75, 3.05) is 13.2 Å². The Morgan fingerprint density at radius 1 is 0.750 bits per heavy atom. The van der Waals surface area contributed by atoms with Gasteiger partial charge in [0.25, 0.3) is 5.56 Å². The summed E-state index contributed by atoms with van der Waals surface area (Å²) in [7, 11) is -11.6. The summed E-state index contributed by atoms with van der Waals surface area (Å²) < 4.78 is 57.8. The normalized spacial score (nSPS) is 26.7. The standard InChI is InChI=1S/C43H77N3O20P2/c1-3-5-7-9-11-13-15-17-19-21-29(48)25-34(51)44-36-40(64-35(52)26-30(49)22-20-18-16-14-12-10-8-6-4-2)38(54)31(27-47)63-42(36)65-68(59,60)66-67(57,58)61-28-32-37(53)39(55)41(62-32)46-24-23-33(50)45-43(46)56/h23-24,29-32,36-42,47-49,53-55H,3-22,25-28H2,1-2H3,(H,44,51)(H,57,58)(H,59,60)(H,45,50,56)/t29?,30?,31-,32-,36-,37-,38-,39-,40-,41-,42?/m1/s1. The zero-order valence-corrected chi connectivity index (χ0v) is 41.1. The average Bonchev–Trinajstić information content (AvgIpc) is 3.54. The van der Waals surface area contributed by atoms with Crippen molar-refractivity contribution in [2.24, 2.45) is 0 Å². The zero-order valence-electron chi connectivity index (χ0n) is 39.3. The lowest BCUT2D eigenvalue weighted by Gasteiger charge is -2.43. The van der Waals surface area contributed by atoms with E-state index < -0.39 is 132 Å². The van der Waals surface area contributed by atoms with Crippen molar-refractivity contribution in [3.8, 4) is 0 Å². The second kappa shape index (κ2) is 31.1. The van der Waals surface area contributed by atoms with E-state index in [9.17, 15) is 68.7 Å². The fraction of sp³-hybridized carbons (Fsp3) is 0.860. The maximum Gasteiger partial charge on any atom is 0.483 e. The van der Waals surface area contributed by atoms with Crippen molar-refractivity contribution in [1.82, 2.24) is 14.9 Å². The van der Waals surface area contributed by atoms with Gasteiger partial charge in [-0.05, 0) is 12.8 Å². The molecule has 68 heavy (non-hydrogen) atoms. The van der Waals surface area contributed by atoms with Gasteiger partial charge < -0.3 is 60.0 Å². The third-order valence-corrected chi connectivity index (χ3v) is 14.5. The molecule has 2 saturated heterocycles. The van der Waals surface area contributed by atoms with E-state index in [0.29, 0.717) is 12.8 Å². The molecule has 0 aliphatic carbocycles. The first-order chi connectivity index (χ1) is 32.3. The van der Waals surface area contributed by atoms with Crippen LogP contribution in [0.15, 0.2) is 21.9 Å². The smallest absolute Gasteiger partial charge is 0.457 e. The van der Waals surface area contributed by atoms with Crippen LogP contribution in [0.1, 0.15) is 161 Å². The maximum atomic E-state index is 13.4. The predicted octanol–water partition coefficient (Wildman–Crippen LogP) is 3.22. The number of esters is 1. The second-order valence-electron chi connectivity index (χ2n) is 17.7. The molecule has 25 heteroatoms. The first-order valence-corrected chi connectivity index (χ1v) is 27.1. The topological polar surface area (TPSA) is 352 Å². The van der Waals surface area contributed by atoms with E-state index in [1.807, 2.05) is 4.98 Å². The molecule has 2 aliphatic heterocycles. The Balaban J connectivity index is 1.70. The summed E-state index contributed by atoms with van der Waals surface area (Å²) in [6, 6.07) is -0.977. The van der Waals surface area contributed by atoms with E-state index in [-0.39, 0.29) is 12.8 Å². The summed E-state index contributed by atoms with van der Waals surface area (Å²) in [5, 5.41) is 66.1. The molecule has 1 aromatic rings. The number of phosphoric acid groups is 2. The largest absolute Gasteiger partial charge is 0.483 e. The SMILES string of the molecule is CCCCCCCCCCCC(O)CC(=O)N[C@H]1C(OP(=O)(O)OP(=O)(O)OC[C@H]2O[C@@H](n3ccc(=O)[nH]c3=O)[C@H](O)[C@@H]2O)O[C@H](CO)[C@@H](O)[C@@H]1OC(=O)CC(O)CCCCCCCCCCC. The van der Waals surface area contributed by atoms with Gasteiger partial charge in [0.2, 0.25) is 5.91 Å². The van der Waals surface area contributed by atoms with Crippen LogP contribution in [0.4, 0.5) is 0 Å². The number of unbranched alkanes of at least 4 members (excludes halogenated alkanes) is 16. The number of aliphatic hydroxyl groups is 6. The molecule has 0 aromatic carbocycles. The Labute approximate surface area is 397 Å². The Morgan fingerprint density at radius 3 is 1.81 bits per heavy atom. The summed E-state index contributed by atoms with van der Waals surface area (Å²) in [6.45, 7) is 2.20. The lowest BCUT2D eigenvalue weighted by Crippen LogP contribution is -2.65. The van der Waals surface area contributed by atoms with Crippen molar-refractivity contribution in [1.29, 1.82) is 0 Å². The molecule has 0 radical (unpaired) electrons. The van der Waals surface area contributed by atoms with E-state index in [4.69, 9.17) is 23.3 Å². The highest BCUT2D eigenvalue weighted by Gasteiger charge is 2.52. The Kier molecular flexibility index (Phi) is 27.4. The number of ether oxygens (including phenoxy) is 3. The Morgan fingerprint density at radius 2 is 1.28 bits per heavy atom. The number of hydrogen-bond donors (Lipinski definition) is 10. The van der Waals surface area contributed by atoms with Crippen LogP contribution in [-0.2, 0) is 46.3 Å². The first kappa shape index (κ1) is 59.9. The van der Waals surface area contributed by atoms with E-state index in [1.165, 1.54) is 25.7 Å². The molecule has 0 saturated carbocycles. The van der Waals surface area contributed by atoms with Gasteiger partial charge in [0.1, 0.15) is 36.6 Å². The van der Waals surface area contributed by atoms with Gasteiger partial charge in [0.05, 0.1) is 38.3 Å². The van der Waals surface area contributed by atoms with Crippen LogP contribution in [0.3, 0.4) is 0 Å². The van der Waals surface area contributed by atoms with Gasteiger partial charge >= 0.3 is 27.3 Å². The lowest BCUT2D eigenvalue weighted by molar-refractivity contribution is -0.253. The average molecular weight is 1020 g/mol. The molecule has 394 valence electrons. The van der Waals surface area contributed by atoms with Crippen molar-refractivity contribution in [3.63, 3.8) is 0 Å². The van der Waals surface area contributed by atoms with Gasteiger partial charge in [-0.25, -0.2) is 13.9 Å². The van der Waals surface area contributed by atoms with E-state index in [1.54, 1.807) is 0 Å². The Bertz CT molecular complexity index is 1840. The number of phosphoric ester groups is 2. The van der Waals surface area contributed by atoms with Crippen LogP contribution in [0, 0.1) is 0 Å². The van der Waals surface area contributed by atoms with Crippen LogP contribution in [0.5, 0.6) is 0 Å². The number of aromatic amines is 1. The van der Waals surface area contributed by atoms with Crippen molar-refractivity contribution in [3.05, 3.63) is 33.1 Å². The monoisotopic (exact) mass is 1020 g/mol. The van der Waals surface area contributed by atoms with Crippen LogP contribution >= 0.6 is 15.6 Å². The fourth-order valence-electron chi connectivity index (χ4n) is 8.08. The molecule has 3 heterocycles. The van der Waals surface area contributed by atoms with Crippen LogP contribution in [-0.4, -0.2) is 136 Å². The number of H-pyrrole nitrogens is 1. The molecule has 23 nitrogen and oxygen atoms in total. The highest BCUT2D eigenvalue weighted by atomic mass is 31.3. The number of carbonyl (C=O) groups is 2. The summed E-state index contributed by atoms with van der Waals surface area (Å²) in [5.41, 5.74) is -1.79. The van der Waals surface area contributed by atoms with Gasteiger partial charge in [-0.15, -0.1) is 0 Å². The van der Waals surface area contributed by atoms with E-state index >= 15 is 0 Å². The van der Waals surface area contributed by atoms with Crippen molar-refractivity contribution < 1.29 is 86.7 Å². The fourth-order valence-corrected chi connectivity index (χ4v) is 10.2. The molecule has 3 rings (SSSR count). The third-order valence-electron chi connectivity index (χ3n) is 11.9. The molecular formula is C43H77N3O20P2. The number of rotatable bonds is 35. The molecule has 1 aromatic heterocycles. The minimum absolute atomic E-state index is 0.245. The minimum Gasteiger partial charge on any atom is -0.457 e. The van der Waals surface area contributed by atoms with Crippen molar-refractivity contribution >= 4 is 27.5 Å². The van der Waals surface area contributed by atoms with Gasteiger partial charge in [-0.1, -0.05) is 129 Å². The molecule has 5 unspecified atom stereocenters. The van der Waals surface area contributed by atoms with Gasteiger partial charge in [-0.3, -0.25) is 33.0 Å². The van der Waals surface area contributed by atoms with E-state index in [0.717, 1.165) is 93.9 Å². The van der Waals surface area contributed by atoms with Crippen LogP contribution < -0.4 is 16.6 Å². The maximum absolute atomic E-state index is 13.4. The van der Waals surface area contributed by atoms with Crippen molar-refractivity contribution in [2.45, 2.75) is 222 Å². The number of hydrogen-bond acceptors (Lipinski definition) is 18. The number of aromatic nitrogens is 2. The zero-order chi connectivity index (χ0) is 50.3. The highest BCUT2D eigenvalue weighted by molar-refractivity contribution is 7.61. The second-order valence-corrected chi connectivity index (χ2v) is 20.7. The molecule has 10 N–H and O–H groups in total. The quantitative estimate of drug-likeness (QED) is 0.0265. The molecule has 1 amide bonds. The molecular weight excluding hydrogens is 940 g/mol. The van der Waals surface area contributed by atoms with Gasteiger partial charge in [0, 0.05) is 12.3 Å². The molecule has 2 fully saturated rings. The van der Waals surface area contributed by atoms with Crippen LogP contribution in [0.25, 0.3) is 0 Å². The first-order valence-electron chi connectivity index (χ1n) is 24.1. The molecule has 0 bridgehead atoms. The summed E-state index contributed by atoms with van der Waals surface area (Å²) >= 11 is 0. The molecule has 0 spiro atoms. The summed E-state index contributed by atoms with van der Waals surface area (Å²) in [4.78, 5) is 73.5. The predicted molar refractivity (Wildman–Crippen MR) is 244 cm³/mol. The summed E-state index contributed by atoms with van der Waals surface area (Å²) in [5.74, 6) is -1.98. The summed E-state index contributed by atoms with van der Waals surface area (Å²) in [6.07, 6.45) is 1.76. The number of amides is 1. The van der Waals surface area contributed by atoms with Crippen LogP contribution in [0.2, 0.25) is 0 Å². The van der Waals surface area contributed by atoms with E-state index in [2.05, 4.69) is 23.5 Å². The minimum atomic E-state index is -5.89. The lowest BCUT2D eigenvalue weighted by atomic mass is 9.96. The molecule has 13 atom stereocenters. The number of nitrogens with one attached hydrogen (secondary N) is 2. The number of carbonyl (C=O) groups excluding carboxylic acids is 2.